The topological polar surface area (TPSA) is 55.1 Å². The zero-order valence-electron chi connectivity index (χ0n) is 11.6. The molecule has 3 N–H and O–H groups in total. The highest BCUT2D eigenvalue weighted by Crippen LogP contribution is 2.25. The predicted octanol–water partition coefficient (Wildman–Crippen LogP) is 3.11. The molecule has 0 aliphatic carbocycles. The van der Waals surface area contributed by atoms with E-state index in [1.807, 2.05) is 19.1 Å². The van der Waals surface area contributed by atoms with Gasteiger partial charge in [0.15, 0.2) is 0 Å². The minimum absolute atomic E-state index is 0. The van der Waals surface area contributed by atoms with E-state index in [0.29, 0.717) is 6.54 Å². The summed E-state index contributed by atoms with van der Waals surface area (Å²) in [5.74, 6) is -0.0404. The Hall–Kier alpha value is -1.10. The van der Waals surface area contributed by atoms with E-state index in [0.717, 1.165) is 19.3 Å². The molecule has 0 saturated heterocycles. The summed E-state index contributed by atoms with van der Waals surface area (Å²) in [5, 5.41) is 6.37. The number of carbonyl (C=O) groups excluding carboxylic acids is 1. The largest absolute Gasteiger partial charge is 0.354 e. The third-order valence-corrected chi connectivity index (χ3v) is 4.20. The Kier molecular flexibility index (Phi) is 6.99. The van der Waals surface area contributed by atoms with Gasteiger partial charge in [-0.05, 0) is 35.2 Å². The van der Waals surface area contributed by atoms with Gasteiger partial charge < -0.3 is 11.1 Å². The SMILES string of the molecule is CCCC(N)C(=O)NCCc1csc2ccccc12.Cl. The molecular weight excluding hydrogens is 292 g/mol. The van der Waals surface area contributed by atoms with Crippen LogP contribution in [0.1, 0.15) is 25.3 Å². The normalized spacial score (nSPS) is 11.9. The highest BCUT2D eigenvalue weighted by atomic mass is 35.5. The highest BCUT2D eigenvalue weighted by Gasteiger charge is 2.11. The first-order valence-corrected chi connectivity index (χ1v) is 7.58. The van der Waals surface area contributed by atoms with Crippen LogP contribution in [0.3, 0.4) is 0 Å². The Morgan fingerprint density at radius 3 is 2.90 bits per heavy atom. The first kappa shape index (κ1) is 17.0. The second-order valence-corrected chi connectivity index (χ2v) is 5.60. The summed E-state index contributed by atoms with van der Waals surface area (Å²) in [6, 6.07) is 7.98. The van der Waals surface area contributed by atoms with Crippen LogP contribution in [0.15, 0.2) is 29.6 Å². The maximum absolute atomic E-state index is 11.7. The Bertz CT molecular complexity index is 556. The monoisotopic (exact) mass is 312 g/mol. The summed E-state index contributed by atoms with van der Waals surface area (Å²) < 4.78 is 1.30. The molecule has 0 fully saturated rings. The number of halogens is 1. The van der Waals surface area contributed by atoms with Crippen molar-refractivity contribution in [1.82, 2.24) is 5.32 Å². The first-order valence-electron chi connectivity index (χ1n) is 6.70. The van der Waals surface area contributed by atoms with E-state index < -0.39 is 0 Å². The summed E-state index contributed by atoms with van der Waals surface area (Å²) in [6.45, 7) is 2.68. The summed E-state index contributed by atoms with van der Waals surface area (Å²) in [5.41, 5.74) is 7.06. The third kappa shape index (κ3) is 4.20. The second kappa shape index (κ2) is 8.25. The second-order valence-electron chi connectivity index (χ2n) is 4.69. The number of amides is 1. The van der Waals surface area contributed by atoms with E-state index >= 15 is 0 Å². The first-order chi connectivity index (χ1) is 9.22. The van der Waals surface area contributed by atoms with Crippen LogP contribution in [0.5, 0.6) is 0 Å². The van der Waals surface area contributed by atoms with Crippen molar-refractivity contribution < 1.29 is 4.79 Å². The predicted molar refractivity (Wildman–Crippen MR) is 88.7 cm³/mol. The molecule has 2 aromatic rings. The van der Waals surface area contributed by atoms with Crippen LogP contribution >= 0.6 is 23.7 Å². The van der Waals surface area contributed by atoms with E-state index in [1.54, 1.807) is 11.3 Å². The van der Waals surface area contributed by atoms with Crippen LogP contribution in [-0.4, -0.2) is 18.5 Å². The molecule has 3 nitrogen and oxygen atoms in total. The van der Waals surface area contributed by atoms with Gasteiger partial charge in [0.05, 0.1) is 6.04 Å². The number of rotatable bonds is 6. The molecule has 0 bridgehead atoms. The smallest absolute Gasteiger partial charge is 0.236 e. The Morgan fingerprint density at radius 1 is 1.40 bits per heavy atom. The van der Waals surface area contributed by atoms with Gasteiger partial charge in [-0.25, -0.2) is 0 Å². The summed E-state index contributed by atoms with van der Waals surface area (Å²) in [7, 11) is 0. The quantitative estimate of drug-likeness (QED) is 0.861. The average Bonchev–Trinajstić information content (AvgIpc) is 2.82. The lowest BCUT2D eigenvalue weighted by Gasteiger charge is -2.10. The fraction of sp³-hybridized carbons (Fsp3) is 0.400. The average molecular weight is 313 g/mol. The van der Waals surface area contributed by atoms with Gasteiger partial charge in [0.25, 0.3) is 0 Å². The summed E-state index contributed by atoms with van der Waals surface area (Å²) in [4.78, 5) is 11.7. The molecule has 1 aromatic carbocycles. The number of hydrogen-bond acceptors (Lipinski definition) is 3. The lowest BCUT2D eigenvalue weighted by molar-refractivity contribution is -0.122. The van der Waals surface area contributed by atoms with Gasteiger partial charge in [-0.2, -0.15) is 0 Å². The van der Waals surface area contributed by atoms with E-state index in [-0.39, 0.29) is 24.4 Å². The highest BCUT2D eigenvalue weighted by molar-refractivity contribution is 7.17. The fourth-order valence-corrected chi connectivity index (χ4v) is 3.12. The molecule has 2 rings (SSSR count). The lowest BCUT2D eigenvalue weighted by atomic mass is 10.1. The van der Waals surface area contributed by atoms with Gasteiger partial charge in [0.2, 0.25) is 5.91 Å². The van der Waals surface area contributed by atoms with Crippen molar-refractivity contribution in [3.05, 3.63) is 35.2 Å². The molecule has 1 atom stereocenters. The lowest BCUT2D eigenvalue weighted by Crippen LogP contribution is -2.41. The van der Waals surface area contributed by atoms with Gasteiger partial charge in [-0.15, -0.1) is 23.7 Å². The third-order valence-electron chi connectivity index (χ3n) is 3.19. The fourth-order valence-electron chi connectivity index (χ4n) is 2.12. The van der Waals surface area contributed by atoms with E-state index in [2.05, 4.69) is 22.8 Å². The van der Waals surface area contributed by atoms with Crippen molar-refractivity contribution in [2.24, 2.45) is 5.73 Å². The van der Waals surface area contributed by atoms with Gasteiger partial charge in [0.1, 0.15) is 0 Å². The molecule has 0 saturated carbocycles. The summed E-state index contributed by atoms with van der Waals surface area (Å²) >= 11 is 1.75. The number of thiophene rings is 1. The van der Waals surface area contributed by atoms with Crippen LogP contribution in [0, 0.1) is 0 Å². The van der Waals surface area contributed by atoms with Gasteiger partial charge >= 0.3 is 0 Å². The van der Waals surface area contributed by atoms with Gasteiger partial charge in [-0.1, -0.05) is 31.5 Å². The van der Waals surface area contributed by atoms with E-state index in [1.165, 1.54) is 15.6 Å². The molecule has 5 heteroatoms. The number of carbonyl (C=O) groups is 1. The Morgan fingerprint density at radius 2 is 2.15 bits per heavy atom. The zero-order chi connectivity index (χ0) is 13.7. The van der Waals surface area contributed by atoms with Gasteiger partial charge in [0, 0.05) is 11.2 Å². The van der Waals surface area contributed by atoms with Crippen LogP contribution < -0.4 is 11.1 Å². The van der Waals surface area contributed by atoms with Crippen molar-refractivity contribution >= 4 is 39.7 Å². The minimum atomic E-state index is -0.371. The van der Waals surface area contributed by atoms with E-state index in [9.17, 15) is 4.79 Å². The molecule has 1 heterocycles. The summed E-state index contributed by atoms with van der Waals surface area (Å²) in [6.07, 6.45) is 2.53. The standard InChI is InChI=1S/C15H20N2OS.ClH/c1-2-5-13(16)15(18)17-9-8-11-10-19-14-7-4-3-6-12(11)14;/h3-4,6-7,10,13H,2,5,8-9,16H2,1H3,(H,17,18);1H. The molecule has 0 radical (unpaired) electrons. The minimum Gasteiger partial charge on any atom is -0.354 e. The molecule has 1 aromatic heterocycles. The van der Waals surface area contributed by atoms with Crippen molar-refractivity contribution in [3.63, 3.8) is 0 Å². The molecule has 110 valence electrons. The zero-order valence-corrected chi connectivity index (χ0v) is 13.2. The maximum atomic E-state index is 11.7. The van der Waals surface area contributed by atoms with Crippen molar-refractivity contribution in [1.29, 1.82) is 0 Å². The number of fused-ring (bicyclic) bond motifs is 1. The number of hydrogen-bond donors (Lipinski definition) is 2. The van der Waals surface area contributed by atoms with Crippen molar-refractivity contribution in [3.8, 4) is 0 Å². The van der Waals surface area contributed by atoms with E-state index in [4.69, 9.17) is 5.73 Å². The number of benzene rings is 1. The Labute approximate surface area is 130 Å². The number of nitrogens with one attached hydrogen (secondary N) is 1. The van der Waals surface area contributed by atoms with Crippen LogP contribution in [0.4, 0.5) is 0 Å². The molecule has 20 heavy (non-hydrogen) atoms. The van der Waals surface area contributed by atoms with Crippen LogP contribution in [0.25, 0.3) is 10.1 Å². The van der Waals surface area contributed by atoms with Gasteiger partial charge in [-0.3, -0.25) is 4.79 Å². The molecule has 0 aliphatic heterocycles. The molecular formula is C15H21ClN2OS. The molecule has 1 unspecified atom stereocenters. The molecule has 1 amide bonds. The molecule has 0 aliphatic rings. The van der Waals surface area contributed by atoms with Crippen molar-refractivity contribution in [2.45, 2.75) is 32.2 Å². The van der Waals surface area contributed by atoms with Crippen LogP contribution in [-0.2, 0) is 11.2 Å². The molecule has 0 spiro atoms. The maximum Gasteiger partial charge on any atom is 0.236 e. The number of nitrogens with two attached hydrogens (primary N) is 1. The Balaban J connectivity index is 0.00000200. The van der Waals surface area contributed by atoms with Crippen LogP contribution in [0.2, 0.25) is 0 Å². The van der Waals surface area contributed by atoms with Crippen molar-refractivity contribution in [2.75, 3.05) is 6.54 Å².